The molecule has 0 saturated heterocycles. The van der Waals surface area contributed by atoms with E-state index in [-0.39, 0.29) is 0 Å². The van der Waals surface area contributed by atoms with Gasteiger partial charge in [0.15, 0.2) is 0 Å². The van der Waals surface area contributed by atoms with Crippen molar-refractivity contribution in [3.63, 3.8) is 0 Å². The molecule has 1 rings (SSSR count). The number of hydrogen-bond donors (Lipinski definition) is 0. The summed E-state index contributed by atoms with van der Waals surface area (Å²) >= 11 is 0. The monoisotopic (exact) mass is 234 g/mol. The summed E-state index contributed by atoms with van der Waals surface area (Å²) < 4.78 is 6.49. The van der Waals surface area contributed by atoms with Crippen LogP contribution in [0.1, 0.15) is 18.4 Å². The molecule has 0 aromatic heterocycles. The first kappa shape index (κ1) is 13.8. The fourth-order valence-electron chi connectivity index (χ4n) is 1.53. The molecule has 0 heterocycles. The summed E-state index contributed by atoms with van der Waals surface area (Å²) in [6.07, 6.45) is 6.12. The lowest BCUT2D eigenvalue weighted by Crippen LogP contribution is -2.35. The molecule has 0 aliphatic carbocycles. The van der Waals surface area contributed by atoms with Gasteiger partial charge in [-0.05, 0) is 24.5 Å². The molecule has 94 valence electrons. The third-order valence-electron chi connectivity index (χ3n) is 2.50. The summed E-state index contributed by atoms with van der Waals surface area (Å²) in [6, 6.07) is 10.2. The molecule has 17 heavy (non-hydrogen) atoms. The second-order valence-corrected chi connectivity index (χ2v) is 5.31. The zero-order valence-electron chi connectivity index (χ0n) is 11.2. The predicted molar refractivity (Wildman–Crippen MR) is 73.6 cm³/mol. The predicted octanol–water partition coefficient (Wildman–Crippen LogP) is 3.16. The molecule has 0 spiro atoms. The van der Waals surface area contributed by atoms with Crippen LogP contribution in [0, 0.1) is 0 Å². The summed E-state index contributed by atoms with van der Waals surface area (Å²) in [5.41, 5.74) is 1.18. The molecule has 2 heteroatoms. The minimum absolute atomic E-state index is 0.809. The second-order valence-electron chi connectivity index (χ2n) is 5.31. The number of quaternary nitrogens is 1. The van der Waals surface area contributed by atoms with Crippen molar-refractivity contribution in [3.05, 3.63) is 42.2 Å². The van der Waals surface area contributed by atoms with E-state index >= 15 is 0 Å². The van der Waals surface area contributed by atoms with Crippen LogP contribution >= 0.6 is 0 Å². The van der Waals surface area contributed by atoms with Crippen LogP contribution in [0.3, 0.4) is 0 Å². The largest absolute Gasteiger partial charge is 0.501 e. The van der Waals surface area contributed by atoms with Crippen LogP contribution < -0.4 is 0 Å². The number of nitrogens with zero attached hydrogens (tertiary/aromatic N) is 1. The summed E-state index contributed by atoms with van der Waals surface area (Å²) in [7, 11) is 6.66. The Morgan fingerprint density at radius 2 is 1.76 bits per heavy atom. The van der Waals surface area contributed by atoms with E-state index < -0.39 is 0 Å². The Kier molecular flexibility index (Phi) is 5.78. The van der Waals surface area contributed by atoms with Gasteiger partial charge in [-0.2, -0.15) is 0 Å². The minimum Gasteiger partial charge on any atom is -0.501 e. The average Bonchev–Trinajstić information content (AvgIpc) is 2.28. The molecule has 2 nitrogen and oxygen atoms in total. The number of hydrogen-bond acceptors (Lipinski definition) is 1. The van der Waals surface area contributed by atoms with Crippen LogP contribution in [0.2, 0.25) is 0 Å². The van der Waals surface area contributed by atoms with E-state index in [1.807, 2.05) is 24.3 Å². The Balaban J connectivity index is 2.07. The first-order valence-electron chi connectivity index (χ1n) is 6.21. The summed E-state index contributed by atoms with van der Waals surface area (Å²) in [5, 5.41) is 0. The number of unbranched alkanes of at least 4 members (excludes halogenated alkanes) is 1. The highest BCUT2D eigenvalue weighted by Gasteiger charge is 2.04. The average molecular weight is 234 g/mol. The molecule has 1 aromatic carbocycles. The zero-order valence-corrected chi connectivity index (χ0v) is 11.2. The van der Waals surface area contributed by atoms with E-state index in [0.29, 0.717) is 0 Å². The fraction of sp³-hybridized carbons (Fsp3) is 0.467. The van der Waals surface area contributed by atoms with Gasteiger partial charge in [-0.25, -0.2) is 0 Å². The smallest absolute Gasteiger partial charge is 0.0875 e. The van der Waals surface area contributed by atoms with Gasteiger partial charge >= 0.3 is 0 Å². The molecule has 0 saturated carbocycles. The quantitative estimate of drug-likeness (QED) is 0.400. The topological polar surface area (TPSA) is 9.23 Å². The molecule has 0 atom stereocenters. The Morgan fingerprint density at radius 3 is 2.41 bits per heavy atom. The van der Waals surface area contributed by atoms with Gasteiger partial charge in [-0.3, -0.25) is 0 Å². The minimum atomic E-state index is 0.809. The lowest BCUT2D eigenvalue weighted by atomic mass is 10.2. The van der Waals surface area contributed by atoms with Crippen LogP contribution in [0.4, 0.5) is 0 Å². The van der Waals surface area contributed by atoms with Gasteiger partial charge in [0, 0.05) is 0 Å². The fourth-order valence-corrected chi connectivity index (χ4v) is 1.53. The van der Waals surface area contributed by atoms with Crippen molar-refractivity contribution in [2.24, 2.45) is 0 Å². The molecular weight excluding hydrogens is 210 g/mol. The second kappa shape index (κ2) is 7.13. The lowest BCUT2D eigenvalue weighted by Gasteiger charge is -2.23. The zero-order chi connectivity index (χ0) is 12.6. The van der Waals surface area contributed by atoms with Crippen LogP contribution in [-0.4, -0.2) is 38.8 Å². The summed E-state index contributed by atoms with van der Waals surface area (Å²) in [6.45, 7) is 2.01. The van der Waals surface area contributed by atoms with Crippen molar-refractivity contribution in [1.29, 1.82) is 0 Å². The Labute approximate surface area is 105 Å². The van der Waals surface area contributed by atoms with Gasteiger partial charge in [0.05, 0.1) is 40.6 Å². The highest BCUT2D eigenvalue weighted by Crippen LogP contribution is 2.02. The molecule has 0 aliphatic rings. The van der Waals surface area contributed by atoms with Gasteiger partial charge in [-0.1, -0.05) is 30.3 Å². The maximum absolute atomic E-state index is 5.46. The Bertz CT molecular complexity index is 325. The third kappa shape index (κ3) is 7.58. The van der Waals surface area contributed by atoms with Gasteiger partial charge < -0.3 is 9.22 Å². The van der Waals surface area contributed by atoms with Gasteiger partial charge in [0.25, 0.3) is 0 Å². The van der Waals surface area contributed by atoms with E-state index in [9.17, 15) is 0 Å². The van der Waals surface area contributed by atoms with Gasteiger partial charge in [-0.15, -0.1) is 0 Å². The van der Waals surface area contributed by atoms with Crippen LogP contribution in [0.15, 0.2) is 36.6 Å². The molecule has 0 aliphatic heterocycles. The van der Waals surface area contributed by atoms with E-state index in [2.05, 4.69) is 33.3 Å². The van der Waals surface area contributed by atoms with Crippen LogP contribution in [0.5, 0.6) is 0 Å². The number of ether oxygens (including phenoxy) is 1. The number of rotatable bonds is 7. The Morgan fingerprint density at radius 1 is 1.06 bits per heavy atom. The van der Waals surface area contributed by atoms with Crippen molar-refractivity contribution < 1.29 is 9.22 Å². The maximum atomic E-state index is 5.46. The van der Waals surface area contributed by atoms with Crippen LogP contribution in [-0.2, 0) is 4.74 Å². The summed E-state index contributed by atoms with van der Waals surface area (Å²) in [5.74, 6) is 0. The van der Waals surface area contributed by atoms with Crippen molar-refractivity contribution in [1.82, 2.24) is 0 Å². The summed E-state index contributed by atoms with van der Waals surface area (Å²) in [4.78, 5) is 0. The molecule has 0 fully saturated rings. The van der Waals surface area contributed by atoms with Gasteiger partial charge in [0.2, 0.25) is 0 Å². The molecule has 1 aromatic rings. The lowest BCUT2D eigenvalue weighted by molar-refractivity contribution is -0.870. The number of benzene rings is 1. The van der Waals surface area contributed by atoms with Crippen molar-refractivity contribution in [3.8, 4) is 0 Å². The van der Waals surface area contributed by atoms with E-state index in [1.165, 1.54) is 18.5 Å². The molecular formula is C15H24NO+. The highest BCUT2D eigenvalue weighted by molar-refractivity contribution is 5.47. The molecule has 0 N–H and O–H groups in total. The van der Waals surface area contributed by atoms with Crippen LogP contribution in [0.25, 0.3) is 6.08 Å². The molecule has 0 radical (unpaired) electrons. The third-order valence-corrected chi connectivity index (χ3v) is 2.50. The van der Waals surface area contributed by atoms with Gasteiger partial charge in [0.1, 0.15) is 0 Å². The molecule has 0 amide bonds. The molecule has 0 unspecified atom stereocenters. The Hall–Kier alpha value is -1.28. The van der Waals surface area contributed by atoms with E-state index in [4.69, 9.17) is 4.74 Å². The van der Waals surface area contributed by atoms with E-state index in [0.717, 1.165) is 17.5 Å². The molecule has 0 bridgehead atoms. The van der Waals surface area contributed by atoms with Crippen molar-refractivity contribution in [2.45, 2.75) is 12.8 Å². The normalized spacial score (nSPS) is 11.9. The van der Waals surface area contributed by atoms with Crippen molar-refractivity contribution >= 4 is 6.08 Å². The SMILES string of the molecule is C[N+](C)(C)CCCCOC=Cc1ccccc1. The first-order chi connectivity index (χ1) is 8.08. The highest BCUT2D eigenvalue weighted by atomic mass is 16.5. The maximum Gasteiger partial charge on any atom is 0.0875 e. The van der Waals surface area contributed by atoms with E-state index in [1.54, 1.807) is 6.26 Å². The van der Waals surface area contributed by atoms with Crippen molar-refractivity contribution in [2.75, 3.05) is 34.3 Å². The standard InChI is InChI=1S/C15H24NO/c1-16(2,3)12-7-8-13-17-14-11-15-9-5-4-6-10-15/h4-6,9-11,14H,7-8,12-13H2,1-3H3/q+1. The first-order valence-corrected chi connectivity index (χ1v) is 6.21.